The Morgan fingerprint density at radius 2 is 1.86 bits per heavy atom. The Morgan fingerprint density at radius 3 is 2.43 bits per heavy atom. The maximum absolute atomic E-state index is 13.6. The largest absolute Gasteiger partial charge is 0.465 e. The number of fused-ring (bicyclic) bond motifs is 1. The Bertz CT molecular complexity index is 1060. The van der Waals surface area contributed by atoms with Crippen LogP contribution in [0.5, 0.6) is 0 Å². The molecule has 2 aliphatic rings. The third-order valence-electron chi connectivity index (χ3n) is 7.49. The summed E-state index contributed by atoms with van der Waals surface area (Å²) in [6.07, 6.45) is 0.403. The van der Waals surface area contributed by atoms with Gasteiger partial charge in [-0.3, -0.25) is 14.4 Å². The summed E-state index contributed by atoms with van der Waals surface area (Å²) in [6.45, 7) is 12.2. The molecule has 0 aromatic heterocycles. The summed E-state index contributed by atoms with van der Waals surface area (Å²) in [6, 6.07) is 4.06. The van der Waals surface area contributed by atoms with E-state index >= 15 is 0 Å². The highest BCUT2D eigenvalue weighted by molar-refractivity contribution is 6.74. The zero-order valence-corrected chi connectivity index (χ0v) is 22.2. The van der Waals surface area contributed by atoms with Gasteiger partial charge in [0.15, 0.2) is 14.1 Å². The van der Waals surface area contributed by atoms with Crippen LogP contribution >= 0.6 is 0 Å². The first-order chi connectivity index (χ1) is 16.2. The molecule has 4 atom stereocenters. The fourth-order valence-electron chi connectivity index (χ4n) is 4.57. The molecule has 1 heterocycles. The van der Waals surface area contributed by atoms with E-state index in [9.17, 15) is 24.0 Å². The number of Topliss-reactive ketones (excluding diaryl/α,β-unsaturated/α-hetero) is 1. The Kier molecular flexibility index (Phi) is 7.38. The Balaban J connectivity index is 1.95. The van der Waals surface area contributed by atoms with E-state index in [1.54, 1.807) is 19.1 Å². The molecule has 0 radical (unpaired) electrons. The molecule has 1 aliphatic heterocycles. The van der Waals surface area contributed by atoms with Crippen LogP contribution < -0.4 is 0 Å². The zero-order valence-electron chi connectivity index (χ0n) is 21.2. The van der Waals surface area contributed by atoms with Gasteiger partial charge in [0.2, 0.25) is 6.29 Å². The number of amides is 1. The van der Waals surface area contributed by atoms with E-state index in [4.69, 9.17) is 14.0 Å². The molecule has 1 saturated heterocycles. The molecule has 0 saturated carbocycles. The lowest BCUT2D eigenvalue weighted by Gasteiger charge is -2.51. The molecular weight excluding hydrogens is 470 g/mol. The normalized spacial score (nSPS) is 23.2. The Labute approximate surface area is 206 Å². The second-order valence-corrected chi connectivity index (χ2v) is 15.4. The van der Waals surface area contributed by atoms with E-state index in [0.717, 1.165) is 10.6 Å². The fraction of sp³-hybridized carbons (Fsp3) is 0.560. The van der Waals surface area contributed by atoms with Gasteiger partial charge >= 0.3 is 11.9 Å². The number of β-lactam (4-membered cyclic amide) rings is 1. The van der Waals surface area contributed by atoms with E-state index in [-0.39, 0.29) is 22.7 Å². The van der Waals surface area contributed by atoms with Gasteiger partial charge in [-0.15, -0.1) is 0 Å². The third-order valence-corrected chi connectivity index (χ3v) is 12.1. The molecule has 0 spiro atoms. The van der Waals surface area contributed by atoms with Crippen molar-refractivity contribution < 1.29 is 38.0 Å². The molecule has 0 N–H and O–H groups in total. The molecule has 3 rings (SSSR count). The standard InChI is InChI=1S/C25H33NO8Si/c1-14(34-35(6,7)25(2,3)4)20-21(26(23(20)30)33-19(28)13-27)17-11-10-15-8-9-16(24(31)32-5)12-18(15)22(17)29/h8-9,12-14,17,20-21H,10-11H2,1-7H3/t14-,17-,20-,21-/m1/s1. The number of carbonyl (C=O) groups is 5. The SMILES string of the molecule is COC(=O)c1ccc2c(c1)C(=O)[C@@H]([C@@H]1[C@@H]([C@@H](C)O[Si](C)(C)C(C)(C)C)C(=O)N1OC(=O)C=O)CC2. The van der Waals surface area contributed by atoms with Gasteiger partial charge < -0.3 is 14.0 Å². The van der Waals surface area contributed by atoms with Gasteiger partial charge in [0.1, 0.15) is 0 Å². The molecule has 35 heavy (non-hydrogen) atoms. The molecule has 1 fully saturated rings. The lowest BCUT2D eigenvalue weighted by molar-refractivity contribution is -0.247. The van der Waals surface area contributed by atoms with Crippen LogP contribution in [0.15, 0.2) is 18.2 Å². The molecule has 1 amide bonds. The van der Waals surface area contributed by atoms with Gasteiger partial charge in [-0.05, 0) is 55.6 Å². The number of esters is 1. The van der Waals surface area contributed by atoms with Crippen molar-refractivity contribution >= 4 is 38.2 Å². The van der Waals surface area contributed by atoms with E-state index in [2.05, 4.69) is 33.9 Å². The fourth-order valence-corrected chi connectivity index (χ4v) is 6.00. The highest BCUT2D eigenvalue weighted by Gasteiger charge is 2.59. The van der Waals surface area contributed by atoms with Crippen molar-refractivity contribution in [2.75, 3.05) is 7.11 Å². The number of nitrogens with zero attached hydrogens (tertiary/aromatic N) is 1. The number of aryl methyl sites for hydroxylation is 1. The number of hydroxylamine groups is 2. The highest BCUT2D eigenvalue weighted by atomic mass is 28.4. The molecule has 190 valence electrons. The van der Waals surface area contributed by atoms with Crippen LogP contribution in [0.3, 0.4) is 0 Å². The first-order valence-corrected chi connectivity index (χ1v) is 14.6. The van der Waals surface area contributed by atoms with Crippen molar-refractivity contribution in [1.29, 1.82) is 0 Å². The van der Waals surface area contributed by atoms with Gasteiger partial charge in [0, 0.05) is 11.5 Å². The van der Waals surface area contributed by atoms with E-state index < -0.39 is 50.1 Å². The van der Waals surface area contributed by atoms with Crippen molar-refractivity contribution in [1.82, 2.24) is 5.06 Å². The van der Waals surface area contributed by atoms with Crippen molar-refractivity contribution in [3.05, 3.63) is 34.9 Å². The van der Waals surface area contributed by atoms with Crippen LogP contribution in [0.25, 0.3) is 0 Å². The van der Waals surface area contributed by atoms with Crippen LogP contribution in [-0.2, 0) is 34.8 Å². The second-order valence-electron chi connectivity index (χ2n) is 10.7. The van der Waals surface area contributed by atoms with Crippen LogP contribution in [0, 0.1) is 11.8 Å². The summed E-state index contributed by atoms with van der Waals surface area (Å²) < 4.78 is 11.2. The summed E-state index contributed by atoms with van der Waals surface area (Å²) in [7, 11) is -0.989. The topological polar surface area (TPSA) is 116 Å². The maximum atomic E-state index is 13.6. The minimum atomic E-state index is -2.25. The average Bonchev–Trinajstić information content (AvgIpc) is 2.79. The number of aldehydes is 1. The van der Waals surface area contributed by atoms with Gasteiger partial charge in [-0.1, -0.05) is 26.8 Å². The van der Waals surface area contributed by atoms with Crippen molar-refractivity contribution in [3.63, 3.8) is 0 Å². The molecule has 10 heteroatoms. The number of rotatable bonds is 7. The first kappa shape index (κ1) is 26.7. The van der Waals surface area contributed by atoms with Crippen LogP contribution in [0.2, 0.25) is 18.1 Å². The molecule has 0 unspecified atom stereocenters. The quantitative estimate of drug-likeness (QED) is 0.183. The zero-order chi connectivity index (χ0) is 26.3. The van der Waals surface area contributed by atoms with Crippen molar-refractivity contribution in [2.24, 2.45) is 11.8 Å². The number of hydrogen-bond acceptors (Lipinski definition) is 8. The molecule has 9 nitrogen and oxygen atoms in total. The minimum absolute atomic E-state index is 0.0200. The van der Waals surface area contributed by atoms with Gasteiger partial charge in [0.25, 0.3) is 5.91 Å². The summed E-state index contributed by atoms with van der Waals surface area (Å²) in [4.78, 5) is 66.3. The third kappa shape index (κ3) is 4.95. The van der Waals surface area contributed by atoms with Gasteiger partial charge in [-0.2, -0.15) is 5.06 Å². The van der Waals surface area contributed by atoms with Gasteiger partial charge in [0.05, 0.1) is 30.7 Å². The lowest BCUT2D eigenvalue weighted by Crippen LogP contribution is -2.69. The Hall–Kier alpha value is -2.85. The average molecular weight is 504 g/mol. The van der Waals surface area contributed by atoms with Crippen LogP contribution in [-0.4, -0.2) is 62.6 Å². The number of carbonyl (C=O) groups excluding carboxylic acids is 5. The molecule has 0 bridgehead atoms. The predicted molar refractivity (Wildman–Crippen MR) is 128 cm³/mol. The molecule has 1 aliphatic carbocycles. The molecular formula is C25H33NO8Si. The van der Waals surface area contributed by atoms with Crippen molar-refractivity contribution in [2.45, 2.75) is 70.8 Å². The number of methoxy groups -OCH3 is 1. The lowest BCUT2D eigenvalue weighted by atomic mass is 9.70. The first-order valence-electron chi connectivity index (χ1n) is 11.7. The molecule has 1 aromatic rings. The highest BCUT2D eigenvalue weighted by Crippen LogP contribution is 2.44. The minimum Gasteiger partial charge on any atom is -0.465 e. The summed E-state index contributed by atoms with van der Waals surface area (Å²) in [5, 5.41) is 0.752. The predicted octanol–water partition coefficient (Wildman–Crippen LogP) is 3.11. The van der Waals surface area contributed by atoms with Crippen LogP contribution in [0.1, 0.15) is 60.4 Å². The van der Waals surface area contributed by atoms with E-state index in [1.165, 1.54) is 13.2 Å². The van der Waals surface area contributed by atoms with Crippen molar-refractivity contribution in [3.8, 4) is 0 Å². The second kappa shape index (κ2) is 9.66. The maximum Gasteiger partial charge on any atom is 0.395 e. The monoisotopic (exact) mass is 503 g/mol. The molecule has 1 aromatic carbocycles. The van der Waals surface area contributed by atoms with Crippen LogP contribution in [0.4, 0.5) is 0 Å². The number of hydrogen-bond donors (Lipinski definition) is 0. The van der Waals surface area contributed by atoms with E-state index in [1.807, 2.05) is 0 Å². The summed E-state index contributed by atoms with van der Waals surface area (Å²) in [5.41, 5.74) is 1.42. The summed E-state index contributed by atoms with van der Waals surface area (Å²) in [5.74, 6) is -3.94. The number of benzene rings is 1. The number of ketones is 1. The Morgan fingerprint density at radius 1 is 1.20 bits per heavy atom. The van der Waals surface area contributed by atoms with Gasteiger partial charge in [-0.25, -0.2) is 9.59 Å². The summed E-state index contributed by atoms with van der Waals surface area (Å²) >= 11 is 0. The smallest absolute Gasteiger partial charge is 0.395 e. The van der Waals surface area contributed by atoms with E-state index in [0.29, 0.717) is 18.4 Å². The number of ether oxygens (including phenoxy) is 1.